The molecule has 1 aromatic carbocycles. The van der Waals surface area contributed by atoms with Crippen molar-refractivity contribution >= 4 is 11.6 Å². The molecular weight excluding hydrogens is 256 g/mol. The normalized spacial score (nSPS) is 24.4. The topological polar surface area (TPSA) is 73.6 Å². The molecule has 3 N–H and O–H groups in total. The van der Waals surface area contributed by atoms with Gasteiger partial charge in [-0.25, -0.2) is 0 Å². The Morgan fingerprint density at radius 3 is 3.00 bits per heavy atom. The summed E-state index contributed by atoms with van der Waals surface area (Å²) < 4.78 is 11.1. The van der Waals surface area contributed by atoms with E-state index in [-0.39, 0.29) is 18.1 Å². The van der Waals surface area contributed by atoms with Gasteiger partial charge < -0.3 is 20.5 Å². The van der Waals surface area contributed by atoms with E-state index in [9.17, 15) is 4.79 Å². The lowest BCUT2D eigenvalue weighted by atomic mass is 9.97. The largest absolute Gasteiger partial charge is 0.376 e. The summed E-state index contributed by atoms with van der Waals surface area (Å²) in [6.07, 6.45) is 2.26. The van der Waals surface area contributed by atoms with E-state index in [1.807, 2.05) is 12.1 Å². The van der Waals surface area contributed by atoms with Crippen molar-refractivity contribution < 1.29 is 14.3 Å². The summed E-state index contributed by atoms with van der Waals surface area (Å²) in [5.74, 6) is 0.0878. The molecule has 0 spiro atoms. The lowest BCUT2D eigenvalue weighted by Crippen LogP contribution is -2.37. The molecule has 1 amide bonds. The first-order chi connectivity index (χ1) is 9.74. The van der Waals surface area contributed by atoms with Gasteiger partial charge in [-0.2, -0.15) is 0 Å². The predicted octanol–water partition coefficient (Wildman–Crippen LogP) is 1.38. The third-order valence-corrected chi connectivity index (χ3v) is 3.88. The molecule has 0 aromatic heterocycles. The summed E-state index contributed by atoms with van der Waals surface area (Å²) >= 11 is 0. The first-order valence-corrected chi connectivity index (χ1v) is 7.11. The van der Waals surface area contributed by atoms with Crippen molar-refractivity contribution in [3.63, 3.8) is 0 Å². The third-order valence-electron chi connectivity index (χ3n) is 3.88. The molecule has 2 atom stereocenters. The van der Waals surface area contributed by atoms with Crippen LogP contribution in [0, 0.1) is 0 Å². The quantitative estimate of drug-likeness (QED) is 0.856. The Labute approximate surface area is 118 Å². The van der Waals surface area contributed by atoms with E-state index in [4.69, 9.17) is 15.2 Å². The van der Waals surface area contributed by atoms with Gasteiger partial charge >= 0.3 is 0 Å². The zero-order valence-corrected chi connectivity index (χ0v) is 11.4. The highest BCUT2D eigenvalue weighted by Gasteiger charge is 2.24. The van der Waals surface area contributed by atoms with Gasteiger partial charge in [0, 0.05) is 12.1 Å². The summed E-state index contributed by atoms with van der Waals surface area (Å²) in [4.78, 5) is 11.5. The van der Waals surface area contributed by atoms with Gasteiger partial charge in [0.15, 0.2) is 0 Å². The Kier molecular flexibility index (Phi) is 4.00. The van der Waals surface area contributed by atoms with Crippen molar-refractivity contribution in [3.8, 4) is 0 Å². The number of aryl methyl sites for hydroxylation is 1. The van der Waals surface area contributed by atoms with E-state index in [1.165, 1.54) is 0 Å². The Morgan fingerprint density at radius 2 is 2.20 bits per heavy atom. The lowest BCUT2D eigenvalue weighted by Gasteiger charge is -2.28. The maximum atomic E-state index is 11.5. The minimum Gasteiger partial charge on any atom is -0.376 e. The van der Waals surface area contributed by atoms with E-state index in [0.29, 0.717) is 26.2 Å². The van der Waals surface area contributed by atoms with Crippen LogP contribution in [0.25, 0.3) is 0 Å². The average molecular weight is 276 g/mol. The zero-order chi connectivity index (χ0) is 13.9. The fourth-order valence-corrected chi connectivity index (χ4v) is 2.73. The van der Waals surface area contributed by atoms with E-state index < -0.39 is 0 Å². The molecule has 2 aliphatic rings. The molecule has 5 nitrogen and oxygen atoms in total. The number of amides is 1. The van der Waals surface area contributed by atoms with Gasteiger partial charge in [0.05, 0.1) is 25.9 Å². The molecule has 1 aromatic rings. The molecule has 2 unspecified atom stereocenters. The number of carbonyl (C=O) groups is 1. The average Bonchev–Trinajstić information content (AvgIpc) is 2.67. The second-order valence-corrected chi connectivity index (χ2v) is 5.33. The van der Waals surface area contributed by atoms with E-state index >= 15 is 0 Å². The molecule has 1 fully saturated rings. The van der Waals surface area contributed by atoms with Crippen molar-refractivity contribution in [2.45, 2.75) is 31.4 Å². The zero-order valence-electron chi connectivity index (χ0n) is 11.4. The molecule has 2 heterocycles. The predicted molar refractivity (Wildman–Crippen MR) is 75.5 cm³/mol. The number of hydrogen-bond donors (Lipinski definition) is 2. The number of benzene rings is 1. The van der Waals surface area contributed by atoms with Crippen LogP contribution in [-0.2, 0) is 20.7 Å². The number of carbonyl (C=O) groups excluding carboxylic acids is 1. The number of anilines is 1. The van der Waals surface area contributed by atoms with Crippen LogP contribution < -0.4 is 11.1 Å². The number of fused-ring (bicyclic) bond motifs is 1. The summed E-state index contributed by atoms with van der Waals surface area (Å²) in [5, 5.41) is 2.93. The highest BCUT2D eigenvalue weighted by atomic mass is 16.6. The van der Waals surface area contributed by atoms with Crippen LogP contribution in [0.2, 0.25) is 0 Å². The molecule has 0 aliphatic carbocycles. The molecule has 0 radical (unpaired) electrons. The van der Waals surface area contributed by atoms with Crippen molar-refractivity contribution in [3.05, 3.63) is 29.3 Å². The standard InChI is InChI=1S/C15H20N2O3/c16-15(13-9-19-6-7-20-13)11-4-5-12-10(8-11)2-1-3-14(18)17-12/h4-5,8,13,15H,1-3,6-7,9,16H2,(H,17,18). The monoisotopic (exact) mass is 276 g/mol. The highest BCUT2D eigenvalue weighted by Crippen LogP contribution is 2.27. The van der Waals surface area contributed by atoms with Gasteiger partial charge in [-0.1, -0.05) is 12.1 Å². The van der Waals surface area contributed by atoms with Crippen LogP contribution in [0.4, 0.5) is 5.69 Å². The first-order valence-electron chi connectivity index (χ1n) is 7.11. The second kappa shape index (κ2) is 5.91. The number of nitrogens with two attached hydrogens (primary N) is 1. The molecule has 1 saturated heterocycles. The fraction of sp³-hybridized carbons (Fsp3) is 0.533. The molecule has 2 aliphatic heterocycles. The van der Waals surface area contributed by atoms with Gasteiger partial charge in [-0.05, 0) is 30.0 Å². The molecule has 108 valence electrons. The lowest BCUT2D eigenvalue weighted by molar-refractivity contribution is -0.116. The maximum absolute atomic E-state index is 11.5. The molecule has 20 heavy (non-hydrogen) atoms. The van der Waals surface area contributed by atoms with Gasteiger partial charge in [0.1, 0.15) is 6.10 Å². The number of hydrogen-bond acceptors (Lipinski definition) is 4. The van der Waals surface area contributed by atoms with Crippen molar-refractivity contribution in [1.82, 2.24) is 0 Å². The van der Waals surface area contributed by atoms with Crippen LogP contribution in [0.1, 0.15) is 30.0 Å². The van der Waals surface area contributed by atoms with Crippen LogP contribution >= 0.6 is 0 Å². The van der Waals surface area contributed by atoms with Gasteiger partial charge in [-0.3, -0.25) is 4.79 Å². The summed E-state index contributed by atoms with van der Waals surface area (Å²) in [5.41, 5.74) is 9.37. The van der Waals surface area contributed by atoms with Gasteiger partial charge in [-0.15, -0.1) is 0 Å². The van der Waals surface area contributed by atoms with Crippen LogP contribution in [0.3, 0.4) is 0 Å². The fourth-order valence-electron chi connectivity index (χ4n) is 2.73. The van der Waals surface area contributed by atoms with Crippen molar-refractivity contribution in [1.29, 1.82) is 0 Å². The molecule has 5 heteroatoms. The molecule has 0 saturated carbocycles. The van der Waals surface area contributed by atoms with Crippen molar-refractivity contribution in [2.75, 3.05) is 25.1 Å². The minimum absolute atomic E-state index is 0.0878. The smallest absolute Gasteiger partial charge is 0.224 e. The third kappa shape index (κ3) is 2.85. The van der Waals surface area contributed by atoms with E-state index in [0.717, 1.165) is 29.7 Å². The Balaban J connectivity index is 1.80. The van der Waals surface area contributed by atoms with Gasteiger partial charge in [0.25, 0.3) is 0 Å². The van der Waals surface area contributed by atoms with E-state index in [1.54, 1.807) is 0 Å². The maximum Gasteiger partial charge on any atom is 0.224 e. The summed E-state index contributed by atoms with van der Waals surface area (Å²) in [6, 6.07) is 5.80. The number of rotatable bonds is 2. The number of nitrogens with one attached hydrogen (secondary N) is 1. The Bertz CT molecular complexity index is 498. The first kappa shape index (κ1) is 13.5. The molecular formula is C15H20N2O3. The second-order valence-electron chi connectivity index (χ2n) is 5.33. The number of ether oxygens (including phenoxy) is 2. The molecule has 3 rings (SSSR count). The van der Waals surface area contributed by atoms with E-state index in [2.05, 4.69) is 11.4 Å². The van der Waals surface area contributed by atoms with Crippen LogP contribution in [0.15, 0.2) is 18.2 Å². The molecule has 0 bridgehead atoms. The Morgan fingerprint density at radius 1 is 1.30 bits per heavy atom. The van der Waals surface area contributed by atoms with Crippen LogP contribution in [0.5, 0.6) is 0 Å². The summed E-state index contributed by atoms with van der Waals surface area (Å²) in [6.45, 7) is 1.77. The van der Waals surface area contributed by atoms with Crippen LogP contribution in [-0.4, -0.2) is 31.8 Å². The summed E-state index contributed by atoms with van der Waals surface area (Å²) in [7, 11) is 0. The van der Waals surface area contributed by atoms with Crippen molar-refractivity contribution in [2.24, 2.45) is 5.73 Å². The van der Waals surface area contributed by atoms with Gasteiger partial charge in [0.2, 0.25) is 5.91 Å². The Hall–Kier alpha value is -1.43. The SMILES string of the molecule is NC(c1ccc2c(c1)CCCC(=O)N2)C1COCCO1. The minimum atomic E-state index is -0.195. The highest BCUT2D eigenvalue weighted by molar-refractivity contribution is 5.92.